The lowest BCUT2D eigenvalue weighted by atomic mass is 9.82. The summed E-state index contributed by atoms with van der Waals surface area (Å²) < 4.78 is 2.39. The van der Waals surface area contributed by atoms with Crippen molar-refractivity contribution < 1.29 is 0 Å². The summed E-state index contributed by atoms with van der Waals surface area (Å²) >= 11 is 0. The molecule has 0 unspecified atom stereocenters. The van der Waals surface area contributed by atoms with E-state index >= 15 is 0 Å². The van der Waals surface area contributed by atoms with Crippen LogP contribution in [-0.4, -0.2) is 4.57 Å². The molecule has 316 valence electrons. The van der Waals surface area contributed by atoms with Gasteiger partial charge in [-0.15, -0.1) is 0 Å². The average molecular weight is 855 g/mol. The minimum absolute atomic E-state index is 0.134. The highest BCUT2D eigenvalue weighted by Crippen LogP contribution is 2.51. The van der Waals surface area contributed by atoms with E-state index in [1.165, 1.54) is 99.0 Å². The first-order valence-electron chi connectivity index (χ1n) is 23.3. The fraction of sp³-hybridized carbons (Fsp3) is 0.0462. The molecule has 0 saturated carbocycles. The Morgan fingerprint density at radius 3 is 1.54 bits per heavy atom. The van der Waals surface area contributed by atoms with Crippen LogP contribution in [-0.2, 0) is 5.41 Å². The van der Waals surface area contributed by atoms with E-state index in [2.05, 4.69) is 266 Å². The highest BCUT2D eigenvalue weighted by atomic mass is 15.1. The highest BCUT2D eigenvalue weighted by molar-refractivity contribution is 6.22. The Morgan fingerprint density at radius 1 is 0.313 bits per heavy atom. The van der Waals surface area contributed by atoms with E-state index in [0.717, 1.165) is 22.7 Å². The monoisotopic (exact) mass is 854 g/mol. The Hall–Kier alpha value is -8.46. The molecule has 0 amide bonds. The maximum atomic E-state index is 2.45. The van der Waals surface area contributed by atoms with Gasteiger partial charge in [-0.25, -0.2) is 0 Å². The Kier molecular flexibility index (Phi) is 8.91. The first-order valence-corrected chi connectivity index (χ1v) is 23.3. The molecular weight excluding hydrogens is 809 g/mol. The van der Waals surface area contributed by atoms with Gasteiger partial charge in [-0.1, -0.05) is 190 Å². The van der Waals surface area contributed by atoms with Gasteiger partial charge < -0.3 is 9.47 Å². The number of nitrogens with zero attached hydrogens (tertiary/aromatic N) is 2. The number of para-hydroxylation sites is 2. The topological polar surface area (TPSA) is 8.17 Å². The van der Waals surface area contributed by atoms with Crippen LogP contribution in [0.15, 0.2) is 243 Å². The number of rotatable bonds is 7. The van der Waals surface area contributed by atoms with Crippen LogP contribution < -0.4 is 4.90 Å². The maximum absolute atomic E-state index is 2.45. The summed E-state index contributed by atoms with van der Waals surface area (Å²) in [5.74, 6) is 0. The van der Waals surface area contributed by atoms with Crippen molar-refractivity contribution in [2.45, 2.75) is 19.3 Å². The predicted molar refractivity (Wildman–Crippen MR) is 284 cm³/mol. The van der Waals surface area contributed by atoms with Crippen LogP contribution in [0.25, 0.3) is 93.5 Å². The SMILES string of the molecule is CC1(C)c2ccccc2-c2ccc(N(c3ccc(-c4ccc5c(-c6ccccc6)c6ccccc6c(-c6ccccc6)c5c4)cc3)c3ccc4c(c3)c3ccccc3n4-c3ccccc3)cc21. The molecule has 0 atom stereocenters. The lowest BCUT2D eigenvalue weighted by molar-refractivity contribution is 0.660. The molecule has 1 aromatic heterocycles. The number of fused-ring (bicyclic) bond motifs is 8. The van der Waals surface area contributed by atoms with Crippen molar-refractivity contribution in [2.75, 3.05) is 4.90 Å². The molecule has 11 aromatic carbocycles. The molecule has 12 aromatic rings. The number of anilines is 3. The predicted octanol–water partition coefficient (Wildman–Crippen LogP) is 17.9. The third kappa shape index (κ3) is 6.18. The minimum Gasteiger partial charge on any atom is -0.310 e. The average Bonchev–Trinajstić information content (AvgIpc) is 3.84. The molecule has 0 fully saturated rings. The highest BCUT2D eigenvalue weighted by Gasteiger charge is 2.36. The largest absolute Gasteiger partial charge is 0.310 e. The van der Waals surface area contributed by atoms with E-state index in [1.54, 1.807) is 0 Å². The van der Waals surface area contributed by atoms with Gasteiger partial charge in [0.15, 0.2) is 0 Å². The zero-order valence-corrected chi connectivity index (χ0v) is 37.5. The van der Waals surface area contributed by atoms with Gasteiger partial charge in [0.05, 0.1) is 11.0 Å². The fourth-order valence-corrected chi connectivity index (χ4v) is 11.2. The summed E-state index contributed by atoms with van der Waals surface area (Å²) in [4.78, 5) is 2.45. The zero-order valence-electron chi connectivity index (χ0n) is 37.5. The van der Waals surface area contributed by atoms with Crippen LogP contribution in [0.2, 0.25) is 0 Å². The summed E-state index contributed by atoms with van der Waals surface area (Å²) in [5.41, 5.74) is 19.5. The number of aromatic nitrogens is 1. The number of hydrogen-bond acceptors (Lipinski definition) is 1. The van der Waals surface area contributed by atoms with Gasteiger partial charge >= 0.3 is 0 Å². The van der Waals surface area contributed by atoms with E-state index in [1.807, 2.05) is 0 Å². The van der Waals surface area contributed by atoms with Crippen molar-refractivity contribution in [3.63, 3.8) is 0 Å². The quantitative estimate of drug-likeness (QED) is 0.145. The molecule has 1 aliphatic carbocycles. The molecule has 0 saturated heterocycles. The van der Waals surface area contributed by atoms with Crippen LogP contribution >= 0.6 is 0 Å². The summed E-state index contributed by atoms with van der Waals surface area (Å²) in [6, 6.07) is 89.4. The Morgan fingerprint density at radius 2 is 0.821 bits per heavy atom. The fourth-order valence-electron chi connectivity index (χ4n) is 11.2. The van der Waals surface area contributed by atoms with Crippen molar-refractivity contribution >= 4 is 60.4 Å². The van der Waals surface area contributed by atoms with E-state index < -0.39 is 0 Å². The molecule has 0 aliphatic heterocycles. The van der Waals surface area contributed by atoms with E-state index in [-0.39, 0.29) is 5.41 Å². The van der Waals surface area contributed by atoms with Crippen molar-refractivity contribution in [2.24, 2.45) is 0 Å². The Bertz CT molecular complexity index is 3860. The standard InChI is InChI=1S/C65H46N2/c1-65(2)59-28-16-14-24-51(59)52-38-35-50(42-60(52)65)66(49-36-39-62-57(41-49)53-25-15-17-29-61(53)67(62)47-22-10-5-11-23-47)48-33-30-43(31-34-48)46-32-37-56-58(40-46)64(45-20-8-4-9-21-45)55-27-13-12-26-54(55)63(56)44-18-6-3-7-19-44/h3-42H,1-2H3. The second-order valence-electron chi connectivity index (χ2n) is 18.5. The van der Waals surface area contributed by atoms with E-state index in [9.17, 15) is 0 Å². The molecule has 0 spiro atoms. The van der Waals surface area contributed by atoms with Gasteiger partial charge in [-0.05, 0) is 144 Å². The molecule has 0 N–H and O–H groups in total. The van der Waals surface area contributed by atoms with E-state index in [0.29, 0.717) is 0 Å². The summed E-state index contributed by atoms with van der Waals surface area (Å²) in [6.45, 7) is 4.73. The van der Waals surface area contributed by atoms with Crippen LogP contribution in [0.3, 0.4) is 0 Å². The number of hydrogen-bond donors (Lipinski definition) is 0. The third-order valence-corrected chi connectivity index (χ3v) is 14.4. The lowest BCUT2D eigenvalue weighted by Gasteiger charge is -2.28. The van der Waals surface area contributed by atoms with Gasteiger partial charge in [-0.3, -0.25) is 0 Å². The molecule has 0 bridgehead atoms. The van der Waals surface area contributed by atoms with Crippen LogP contribution in [0, 0.1) is 0 Å². The smallest absolute Gasteiger partial charge is 0.0542 e. The van der Waals surface area contributed by atoms with Gasteiger partial charge in [0, 0.05) is 38.9 Å². The molecule has 2 nitrogen and oxygen atoms in total. The Balaban J connectivity index is 0.988. The minimum atomic E-state index is -0.134. The lowest BCUT2D eigenvalue weighted by Crippen LogP contribution is -2.16. The van der Waals surface area contributed by atoms with Crippen LogP contribution in [0.4, 0.5) is 17.1 Å². The first-order chi connectivity index (χ1) is 33.0. The van der Waals surface area contributed by atoms with Gasteiger partial charge in [0.2, 0.25) is 0 Å². The second-order valence-corrected chi connectivity index (χ2v) is 18.5. The first kappa shape index (κ1) is 39.0. The summed E-state index contributed by atoms with van der Waals surface area (Å²) in [7, 11) is 0. The molecular formula is C65H46N2. The zero-order chi connectivity index (χ0) is 44.6. The number of benzene rings is 11. The molecule has 2 heteroatoms. The molecule has 13 rings (SSSR count). The maximum Gasteiger partial charge on any atom is 0.0542 e. The van der Waals surface area contributed by atoms with Crippen molar-refractivity contribution in [3.8, 4) is 50.2 Å². The summed E-state index contributed by atoms with van der Waals surface area (Å²) in [5, 5.41) is 7.47. The van der Waals surface area contributed by atoms with Crippen molar-refractivity contribution in [3.05, 3.63) is 254 Å². The van der Waals surface area contributed by atoms with Gasteiger partial charge in [0.1, 0.15) is 0 Å². The molecule has 1 heterocycles. The summed E-state index contributed by atoms with van der Waals surface area (Å²) in [6.07, 6.45) is 0. The van der Waals surface area contributed by atoms with Crippen molar-refractivity contribution in [1.82, 2.24) is 4.57 Å². The van der Waals surface area contributed by atoms with Crippen molar-refractivity contribution in [1.29, 1.82) is 0 Å². The van der Waals surface area contributed by atoms with Gasteiger partial charge in [-0.2, -0.15) is 0 Å². The Labute approximate surface area is 391 Å². The third-order valence-electron chi connectivity index (χ3n) is 14.4. The van der Waals surface area contributed by atoms with Crippen LogP contribution in [0.1, 0.15) is 25.0 Å². The normalized spacial score (nSPS) is 12.7. The molecule has 0 radical (unpaired) electrons. The second kappa shape index (κ2) is 15.3. The molecule has 1 aliphatic rings. The van der Waals surface area contributed by atoms with E-state index in [4.69, 9.17) is 0 Å². The molecule has 67 heavy (non-hydrogen) atoms. The van der Waals surface area contributed by atoms with Crippen LogP contribution in [0.5, 0.6) is 0 Å². The van der Waals surface area contributed by atoms with Gasteiger partial charge in [0.25, 0.3) is 0 Å².